The minimum absolute atomic E-state index is 0.160. The van der Waals surface area contributed by atoms with Crippen LogP contribution in [0.4, 0.5) is 0 Å². The van der Waals surface area contributed by atoms with Gasteiger partial charge in [-0.1, -0.05) is 13.3 Å². The fraction of sp³-hybridized carbons (Fsp3) is 0.750. The maximum atomic E-state index is 10.7. The lowest BCUT2D eigenvalue weighted by molar-refractivity contribution is -0.142. The smallest absolute Gasteiger partial charge is 0.306 e. The highest BCUT2D eigenvalue weighted by Gasteiger charge is 2.11. The van der Waals surface area contributed by atoms with Crippen LogP contribution in [0.2, 0.25) is 0 Å². The lowest BCUT2D eigenvalue weighted by Gasteiger charge is -2.05. The summed E-state index contributed by atoms with van der Waals surface area (Å²) in [5.41, 5.74) is 0. The lowest BCUT2D eigenvalue weighted by Crippen LogP contribution is -2.10. The van der Waals surface area contributed by atoms with Crippen LogP contribution in [0, 0.1) is 5.92 Å². The molecule has 11 heavy (non-hydrogen) atoms. The zero-order chi connectivity index (χ0) is 8.69. The Bertz CT molecular complexity index is 131. The van der Waals surface area contributed by atoms with E-state index in [0.717, 1.165) is 19.1 Å². The number of carbonyl (C=O) groups excluding carboxylic acids is 2. The quantitative estimate of drug-likeness (QED) is 0.445. The Morgan fingerprint density at radius 2 is 2.27 bits per heavy atom. The summed E-state index contributed by atoms with van der Waals surface area (Å²) < 4.78 is 4.43. The highest BCUT2D eigenvalue weighted by Crippen LogP contribution is 2.08. The molecular weight excluding hydrogens is 144 g/mol. The molecule has 0 spiro atoms. The van der Waals surface area contributed by atoms with Gasteiger partial charge in [-0.05, 0) is 6.42 Å². The van der Waals surface area contributed by atoms with Gasteiger partial charge in [0, 0.05) is 5.92 Å². The molecule has 3 nitrogen and oxygen atoms in total. The molecule has 0 N–H and O–H groups in total. The summed E-state index contributed by atoms with van der Waals surface area (Å²) in [6, 6.07) is 0. The summed E-state index contributed by atoms with van der Waals surface area (Å²) in [6.45, 7) is 1.98. The molecule has 0 aromatic carbocycles. The van der Waals surface area contributed by atoms with Gasteiger partial charge in [0.1, 0.15) is 6.29 Å². The van der Waals surface area contributed by atoms with Gasteiger partial charge in [-0.25, -0.2) is 0 Å². The van der Waals surface area contributed by atoms with E-state index in [1.165, 1.54) is 7.11 Å². The van der Waals surface area contributed by atoms with E-state index in [1.54, 1.807) is 0 Å². The summed E-state index contributed by atoms with van der Waals surface area (Å²) >= 11 is 0. The average molecular weight is 158 g/mol. The van der Waals surface area contributed by atoms with E-state index in [9.17, 15) is 9.59 Å². The fourth-order valence-corrected chi connectivity index (χ4v) is 0.886. The zero-order valence-corrected chi connectivity index (χ0v) is 7.00. The normalized spacial score (nSPS) is 12.2. The average Bonchev–Trinajstić information content (AvgIpc) is 2.03. The van der Waals surface area contributed by atoms with E-state index in [2.05, 4.69) is 4.74 Å². The minimum Gasteiger partial charge on any atom is -0.469 e. The SMILES string of the molecule is CCCC(C=O)CC(=O)OC. The Kier molecular flexibility index (Phi) is 5.43. The molecule has 0 fully saturated rings. The van der Waals surface area contributed by atoms with Crippen LogP contribution in [0.1, 0.15) is 26.2 Å². The molecule has 0 amide bonds. The van der Waals surface area contributed by atoms with Gasteiger partial charge in [-0.2, -0.15) is 0 Å². The van der Waals surface area contributed by atoms with Crippen LogP contribution < -0.4 is 0 Å². The minimum atomic E-state index is -0.310. The summed E-state index contributed by atoms with van der Waals surface area (Å²) in [7, 11) is 1.33. The molecule has 0 heterocycles. The largest absolute Gasteiger partial charge is 0.469 e. The van der Waals surface area contributed by atoms with Crippen molar-refractivity contribution in [3.8, 4) is 0 Å². The third kappa shape index (κ3) is 4.53. The molecule has 0 rings (SSSR count). The number of rotatable bonds is 5. The fourth-order valence-electron chi connectivity index (χ4n) is 0.886. The van der Waals surface area contributed by atoms with Gasteiger partial charge in [-0.15, -0.1) is 0 Å². The molecular formula is C8H14O3. The van der Waals surface area contributed by atoms with E-state index in [1.807, 2.05) is 6.92 Å². The van der Waals surface area contributed by atoms with Crippen LogP contribution in [-0.2, 0) is 14.3 Å². The molecule has 0 saturated heterocycles. The number of aldehydes is 1. The van der Waals surface area contributed by atoms with E-state index < -0.39 is 0 Å². The molecule has 0 saturated carbocycles. The van der Waals surface area contributed by atoms with Crippen molar-refractivity contribution >= 4 is 12.3 Å². The van der Waals surface area contributed by atoms with Crippen molar-refractivity contribution in [2.24, 2.45) is 5.92 Å². The second-order valence-corrected chi connectivity index (χ2v) is 2.47. The molecule has 0 aromatic rings. The van der Waals surface area contributed by atoms with E-state index in [4.69, 9.17) is 0 Å². The number of hydrogen-bond donors (Lipinski definition) is 0. The van der Waals surface area contributed by atoms with Crippen molar-refractivity contribution in [2.45, 2.75) is 26.2 Å². The zero-order valence-electron chi connectivity index (χ0n) is 7.00. The first-order valence-corrected chi connectivity index (χ1v) is 3.76. The second kappa shape index (κ2) is 5.89. The highest BCUT2D eigenvalue weighted by molar-refractivity contribution is 5.73. The summed E-state index contributed by atoms with van der Waals surface area (Å²) in [5.74, 6) is -0.469. The predicted octanol–water partition coefficient (Wildman–Crippen LogP) is 1.16. The van der Waals surface area contributed by atoms with Gasteiger partial charge in [0.05, 0.1) is 13.5 Å². The van der Waals surface area contributed by atoms with Crippen molar-refractivity contribution in [1.82, 2.24) is 0 Å². The molecule has 0 aromatic heterocycles. The third-order valence-corrected chi connectivity index (χ3v) is 1.51. The number of carbonyl (C=O) groups is 2. The summed E-state index contributed by atoms with van der Waals surface area (Å²) in [5, 5.41) is 0. The molecule has 0 bridgehead atoms. The molecule has 1 atom stereocenters. The van der Waals surface area contributed by atoms with Gasteiger partial charge >= 0.3 is 5.97 Å². The Balaban J connectivity index is 3.67. The van der Waals surface area contributed by atoms with Crippen LogP contribution >= 0.6 is 0 Å². The van der Waals surface area contributed by atoms with E-state index >= 15 is 0 Å². The van der Waals surface area contributed by atoms with Crippen LogP contribution in [0.15, 0.2) is 0 Å². The second-order valence-electron chi connectivity index (χ2n) is 2.47. The number of ether oxygens (including phenoxy) is 1. The van der Waals surface area contributed by atoms with E-state index in [-0.39, 0.29) is 18.3 Å². The number of esters is 1. The van der Waals surface area contributed by atoms with Gasteiger partial charge in [0.2, 0.25) is 0 Å². The topological polar surface area (TPSA) is 43.4 Å². The standard InChI is InChI=1S/C8H14O3/c1-3-4-7(6-9)5-8(10)11-2/h6-7H,3-5H2,1-2H3. The van der Waals surface area contributed by atoms with Crippen molar-refractivity contribution in [3.63, 3.8) is 0 Å². The molecule has 3 heteroatoms. The maximum absolute atomic E-state index is 10.7. The summed E-state index contributed by atoms with van der Waals surface area (Å²) in [4.78, 5) is 21.0. The van der Waals surface area contributed by atoms with Crippen LogP contribution in [0.3, 0.4) is 0 Å². The summed E-state index contributed by atoms with van der Waals surface area (Å²) in [6.07, 6.45) is 2.72. The Hall–Kier alpha value is -0.860. The molecule has 1 unspecified atom stereocenters. The van der Waals surface area contributed by atoms with Gasteiger partial charge < -0.3 is 9.53 Å². The molecule has 0 aliphatic carbocycles. The van der Waals surface area contributed by atoms with Crippen molar-refractivity contribution in [1.29, 1.82) is 0 Å². The highest BCUT2D eigenvalue weighted by atomic mass is 16.5. The Morgan fingerprint density at radius 3 is 2.64 bits per heavy atom. The molecule has 0 aliphatic heterocycles. The Morgan fingerprint density at radius 1 is 1.64 bits per heavy atom. The first kappa shape index (κ1) is 10.1. The van der Waals surface area contributed by atoms with Gasteiger partial charge in [0.15, 0.2) is 0 Å². The van der Waals surface area contributed by atoms with Gasteiger partial charge in [0.25, 0.3) is 0 Å². The lowest BCUT2D eigenvalue weighted by atomic mass is 10.0. The first-order valence-electron chi connectivity index (χ1n) is 3.76. The van der Waals surface area contributed by atoms with E-state index in [0.29, 0.717) is 0 Å². The maximum Gasteiger partial charge on any atom is 0.306 e. The van der Waals surface area contributed by atoms with Crippen molar-refractivity contribution in [2.75, 3.05) is 7.11 Å². The number of methoxy groups -OCH3 is 1. The third-order valence-electron chi connectivity index (χ3n) is 1.51. The van der Waals surface area contributed by atoms with Crippen LogP contribution in [0.25, 0.3) is 0 Å². The Labute approximate surface area is 66.7 Å². The number of hydrogen-bond acceptors (Lipinski definition) is 3. The first-order chi connectivity index (χ1) is 5.24. The predicted molar refractivity (Wildman–Crippen MR) is 41.1 cm³/mol. The van der Waals surface area contributed by atoms with Crippen molar-refractivity contribution in [3.05, 3.63) is 0 Å². The van der Waals surface area contributed by atoms with Gasteiger partial charge in [-0.3, -0.25) is 4.79 Å². The van der Waals surface area contributed by atoms with Crippen LogP contribution in [-0.4, -0.2) is 19.4 Å². The van der Waals surface area contributed by atoms with Crippen LogP contribution in [0.5, 0.6) is 0 Å². The molecule has 64 valence electrons. The van der Waals surface area contributed by atoms with Crippen molar-refractivity contribution < 1.29 is 14.3 Å². The molecule has 0 radical (unpaired) electrons. The molecule has 0 aliphatic rings. The monoisotopic (exact) mass is 158 g/mol.